The van der Waals surface area contributed by atoms with Gasteiger partial charge in [-0.2, -0.15) is 17.7 Å². The lowest BCUT2D eigenvalue weighted by Gasteiger charge is -2.37. The number of amidine groups is 1. The number of thiazole rings is 1. The summed E-state index contributed by atoms with van der Waals surface area (Å²) in [6.45, 7) is 1.12. The highest BCUT2D eigenvalue weighted by atomic mass is 35.5. The molecule has 2 atom stereocenters. The maximum Gasteiger partial charge on any atom is 0.338 e. The molecule has 3 heterocycles. The summed E-state index contributed by atoms with van der Waals surface area (Å²) in [7, 11) is 1.30. The number of carbonyl (C=O) groups is 2. The molecule has 2 aliphatic heterocycles. The number of benzene rings is 1. The summed E-state index contributed by atoms with van der Waals surface area (Å²) in [6.07, 6.45) is 2.41. The quantitative estimate of drug-likeness (QED) is 0.375. The lowest BCUT2D eigenvalue weighted by molar-refractivity contribution is -0.144. The van der Waals surface area contributed by atoms with Crippen LogP contribution in [0.25, 0.3) is 0 Å². The third kappa shape index (κ3) is 6.06. The van der Waals surface area contributed by atoms with Crippen LogP contribution < -0.4 is 11.2 Å². The van der Waals surface area contributed by atoms with E-state index in [1.807, 2.05) is 5.38 Å². The monoisotopic (exact) mass is 553 g/mol. The van der Waals surface area contributed by atoms with Crippen LogP contribution in [0.4, 0.5) is 4.39 Å². The van der Waals surface area contributed by atoms with Crippen molar-refractivity contribution in [3.8, 4) is 0 Å². The highest BCUT2D eigenvalue weighted by molar-refractivity contribution is 7.99. The van der Waals surface area contributed by atoms with Crippen LogP contribution in [-0.4, -0.2) is 65.4 Å². The number of hydrogen-bond donors (Lipinski definition) is 2. The molecule has 3 N–H and O–H groups in total. The van der Waals surface area contributed by atoms with Gasteiger partial charge in [0.1, 0.15) is 11.9 Å². The van der Waals surface area contributed by atoms with Crippen molar-refractivity contribution in [1.29, 1.82) is 0 Å². The molecule has 9 nitrogen and oxygen atoms in total. The number of aromatic nitrogens is 1. The van der Waals surface area contributed by atoms with Gasteiger partial charge < -0.3 is 14.9 Å². The molecule has 13 heteroatoms. The van der Waals surface area contributed by atoms with Crippen LogP contribution in [0.1, 0.15) is 29.5 Å². The van der Waals surface area contributed by atoms with E-state index in [1.54, 1.807) is 18.0 Å². The average molecular weight is 554 g/mol. The number of aliphatic imine (C=N–C) groups is 1. The van der Waals surface area contributed by atoms with Gasteiger partial charge in [0, 0.05) is 64.9 Å². The van der Waals surface area contributed by atoms with Crippen LogP contribution in [0.5, 0.6) is 0 Å². The minimum atomic E-state index is -0.828. The van der Waals surface area contributed by atoms with Crippen LogP contribution in [0.2, 0.25) is 5.02 Å². The van der Waals surface area contributed by atoms with Crippen molar-refractivity contribution in [2.45, 2.75) is 24.9 Å². The molecule has 1 saturated heterocycles. The number of halogens is 2. The normalized spacial score (nSPS) is 20.5. The second-order valence-corrected chi connectivity index (χ2v) is 10.6. The van der Waals surface area contributed by atoms with Crippen LogP contribution in [0, 0.1) is 5.82 Å². The molecule has 0 spiro atoms. The number of methoxy groups -OCH3 is 1. The predicted molar refractivity (Wildman–Crippen MR) is 137 cm³/mol. The first-order chi connectivity index (χ1) is 17.4. The fraction of sp³-hybridized carbons (Fsp3) is 0.391. The molecule has 0 saturated carbocycles. The van der Waals surface area contributed by atoms with Crippen molar-refractivity contribution in [3.63, 3.8) is 0 Å². The van der Waals surface area contributed by atoms with Gasteiger partial charge in [0.25, 0.3) is 0 Å². The molecule has 0 bridgehead atoms. The summed E-state index contributed by atoms with van der Waals surface area (Å²) in [4.78, 5) is 40.4. The summed E-state index contributed by atoms with van der Waals surface area (Å²) in [5, 5.41) is 5.91. The lowest BCUT2D eigenvalue weighted by Crippen LogP contribution is -2.47. The zero-order valence-electron chi connectivity index (χ0n) is 19.4. The van der Waals surface area contributed by atoms with E-state index >= 15 is 0 Å². The Morgan fingerprint density at radius 1 is 1.39 bits per heavy atom. The first-order valence-corrected chi connectivity index (χ1v) is 13.5. The first kappa shape index (κ1) is 26.6. The Labute approximate surface area is 220 Å². The van der Waals surface area contributed by atoms with E-state index in [0.29, 0.717) is 35.1 Å². The van der Waals surface area contributed by atoms with Gasteiger partial charge >= 0.3 is 11.9 Å². The molecule has 1 fully saturated rings. The van der Waals surface area contributed by atoms with Gasteiger partial charge in [0.05, 0.1) is 12.7 Å². The predicted octanol–water partition coefficient (Wildman–Crippen LogP) is 3.07. The molecule has 1 aromatic carbocycles. The molecule has 0 amide bonds. The van der Waals surface area contributed by atoms with Crippen molar-refractivity contribution in [2.75, 3.05) is 31.7 Å². The van der Waals surface area contributed by atoms with E-state index in [4.69, 9.17) is 27.2 Å². The number of rotatable bonds is 8. The summed E-state index contributed by atoms with van der Waals surface area (Å²) in [5.41, 5.74) is 1.35. The molecule has 2 aromatic rings. The van der Waals surface area contributed by atoms with E-state index in [2.05, 4.69) is 20.0 Å². The van der Waals surface area contributed by atoms with Crippen molar-refractivity contribution in [2.24, 2.45) is 10.9 Å². The SMILES string of the molecule is COC(=O)C1=C(CN2CCSC[C@H]2CCC(=O)ON)NC(c2nccs2)=N[C@H]1c1ccc(F)cc1Cl. The molecular formula is C23H25ClFN5O4S2. The molecule has 0 radical (unpaired) electrons. The van der Waals surface area contributed by atoms with Gasteiger partial charge in [-0.25, -0.2) is 14.2 Å². The molecule has 2 aliphatic rings. The Morgan fingerprint density at radius 3 is 2.92 bits per heavy atom. The highest BCUT2D eigenvalue weighted by Crippen LogP contribution is 2.37. The van der Waals surface area contributed by atoms with Crippen LogP contribution in [0.3, 0.4) is 0 Å². The zero-order valence-corrected chi connectivity index (χ0v) is 21.8. The Bertz CT molecular complexity index is 1180. The first-order valence-electron chi connectivity index (χ1n) is 11.1. The minimum absolute atomic E-state index is 0.0612. The Kier molecular flexibility index (Phi) is 8.96. The standard InChI is InChI=1S/C23H25ClFN5O4S2/c1-33-23(32)19-17(11-30-7-9-35-12-14(30)3-5-18(31)34-26)28-21(22-27-6-8-36-22)29-20(19)15-4-2-13(25)10-16(15)24/h2,4,6,8,10,14,20H,3,5,7,9,11-12,26H2,1H3,(H,28,29)/t14-,20+/m1/s1. The third-order valence-electron chi connectivity index (χ3n) is 5.95. The Morgan fingerprint density at radius 2 is 2.22 bits per heavy atom. The van der Waals surface area contributed by atoms with Crippen molar-refractivity contribution >= 4 is 52.5 Å². The maximum absolute atomic E-state index is 13.8. The number of hydrogen-bond acceptors (Lipinski definition) is 11. The van der Waals surface area contributed by atoms with Gasteiger partial charge in [0.2, 0.25) is 0 Å². The molecule has 4 rings (SSSR count). The number of nitrogens with one attached hydrogen (secondary N) is 1. The number of nitrogens with zero attached hydrogens (tertiary/aromatic N) is 3. The number of thioether (sulfide) groups is 1. The summed E-state index contributed by atoms with van der Waals surface area (Å²) >= 11 is 9.61. The second-order valence-electron chi connectivity index (χ2n) is 8.12. The molecule has 0 unspecified atom stereocenters. The summed E-state index contributed by atoms with van der Waals surface area (Å²) in [6, 6.07) is 3.23. The second kappa shape index (κ2) is 12.2. The van der Waals surface area contributed by atoms with E-state index in [1.165, 1.54) is 36.6 Å². The van der Waals surface area contributed by atoms with Gasteiger partial charge in [0.15, 0.2) is 10.8 Å². The maximum atomic E-state index is 13.8. The number of carbonyl (C=O) groups excluding carboxylic acids is 2. The topological polar surface area (TPSA) is 119 Å². The molecule has 36 heavy (non-hydrogen) atoms. The van der Waals surface area contributed by atoms with E-state index in [0.717, 1.165) is 18.1 Å². The Hall–Kier alpha value is -2.51. The number of ether oxygens (including phenoxy) is 1. The largest absolute Gasteiger partial charge is 0.466 e. The van der Waals surface area contributed by atoms with E-state index in [9.17, 15) is 14.0 Å². The summed E-state index contributed by atoms with van der Waals surface area (Å²) in [5.74, 6) is 5.67. The van der Waals surface area contributed by atoms with Crippen LogP contribution >= 0.6 is 34.7 Å². The average Bonchev–Trinajstić information content (AvgIpc) is 3.42. The molecule has 192 valence electrons. The Balaban J connectivity index is 1.74. The minimum Gasteiger partial charge on any atom is -0.466 e. The van der Waals surface area contributed by atoms with Crippen molar-refractivity contribution in [3.05, 3.63) is 62.5 Å². The molecular weight excluding hydrogens is 529 g/mol. The molecule has 0 aliphatic carbocycles. The third-order valence-corrected chi connectivity index (χ3v) is 8.15. The lowest BCUT2D eigenvalue weighted by atomic mass is 9.95. The van der Waals surface area contributed by atoms with Gasteiger partial charge in [-0.15, -0.1) is 11.3 Å². The van der Waals surface area contributed by atoms with Crippen molar-refractivity contribution < 1.29 is 23.6 Å². The van der Waals surface area contributed by atoms with E-state index < -0.39 is 23.8 Å². The summed E-state index contributed by atoms with van der Waals surface area (Å²) < 4.78 is 19.0. The fourth-order valence-electron chi connectivity index (χ4n) is 4.18. The van der Waals surface area contributed by atoms with Crippen LogP contribution in [0.15, 0.2) is 46.0 Å². The smallest absolute Gasteiger partial charge is 0.338 e. The van der Waals surface area contributed by atoms with Crippen LogP contribution in [-0.2, 0) is 19.2 Å². The van der Waals surface area contributed by atoms with Crippen molar-refractivity contribution in [1.82, 2.24) is 15.2 Å². The fourth-order valence-corrected chi connectivity index (χ4v) is 6.22. The van der Waals surface area contributed by atoms with Gasteiger partial charge in [-0.1, -0.05) is 17.7 Å². The van der Waals surface area contributed by atoms with Gasteiger partial charge in [-0.3, -0.25) is 14.7 Å². The van der Waals surface area contributed by atoms with Gasteiger partial charge in [-0.05, 0) is 18.6 Å². The van der Waals surface area contributed by atoms with E-state index in [-0.39, 0.29) is 23.1 Å². The highest BCUT2D eigenvalue weighted by Gasteiger charge is 2.35. The zero-order chi connectivity index (χ0) is 25.7. The molecule has 1 aromatic heterocycles. The number of nitrogens with two attached hydrogens (primary N) is 1. The number of esters is 1.